The van der Waals surface area contributed by atoms with Crippen LogP contribution >= 0.6 is 0 Å². The molecule has 0 radical (unpaired) electrons. The minimum Gasteiger partial charge on any atom is -0.484 e. The highest BCUT2D eigenvalue weighted by molar-refractivity contribution is 5.84. The molecule has 1 aromatic rings. The van der Waals surface area contributed by atoms with Crippen molar-refractivity contribution < 1.29 is 14.3 Å². The van der Waals surface area contributed by atoms with Crippen molar-refractivity contribution >= 4 is 11.8 Å². The highest BCUT2D eigenvalue weighted by Crippen LogP contribution is 2.21. The smallest absolute Gasteiger partial charge is 0.411 e. The van der Waals surface area contributed by atoms with Gasteiger partial charge in [0.2, 0.25) is 0 Å². The summed E-state index contributed by atoms with van der Waals surface area (Å²) < 4.78 is 10.9. The molecule has 0 heterocycles. The van der Waals surface area contributed by atoms with Crippen molar-refractivity contribution in [1.82, 2.24) is 0 Å². The van der Waals surface area contributed by atoms with E-state index in [9.17, 15) is 4.79 Å². The molecule has 1 rings (SSSR count). The van der Waals surface area contributed by atoms with Crippen LogP contribution in [0, 0.1) is 0 Å². The number of anilines is 1. The van der Waals surface area contributed by atoms with Crippen LogP contribution in [-0.4, -0.2) is 18.3 Å². The van der Waals surface area contributed by atoms with Gasteiger partial charge in [0.25, 0.3) is 0 Å². The third kappa shape index (κ3) is 7.16. The van der Waals surface area contributed by atoms with E-state index in [0.717, 1.165) is 18.6 Å². The fourth-order valence-electron chi connectivity index (χ4n) is 1.80. The first-order valence-corrected chi connectivity index (χ1v) is 7.83. The molecule has 0 fully saturated rings. The summed E-state index contributed by atoms with van der Waals surface area (Å²) in [5, 5.41) is 2.70. The van der Waals surface area contributed by atoms with E-state index in [2.05, 4.69) is 18.8 Å². The number of ether oxygens (including phenoxy) is 2. The van der Waals surface area contributed by atoms with Gasteiger partial charge in [-0.2, -0.15) is 0 Å². The van der Waals surface area contributed by atoms with Crippen LogP contribution in [0.15, 0.2) is 36.9 Å². The Morgan fingerprint density at radius 3 is 2.50 bits per heavy atom. The van der Waals surface area contributed by atoms with Crippen LogP contribution in [0.5, 0.6) is 5.75 Å². The van der Waals surface area contributed by atoms with E-state index < -0.39 is 11.7 Å². The fraction of sp³-hybridized carbons (Fsp3) is 0.500. The lowest BCUT2D eigenvalue weighted by atomic mass is 10.1. The summed E-state index contributed by atoms with van der Waals surface area (Å²) in [4.78, 5) is 11.6. The lowest BCUT2D eigenvalue weighted by Gasteiger charge is -2.22. The predicted octanol–water partition coefficient (Wildman–Crippen LogP) is 5.16. The second kappa shape index (κ2) is 9.13. The predicted molar refractivity (Wildman–Crippen MR) is 90.5 cm³/mol. The molecule has 0 atom stereocenters. The number of carbonyl (C=O) groups excluding carboxylic acids is 1. The Kier molecular flexibility index (Phi) is 7.50. The lowest BCUT2D eigenvalue weighted by Crippen LogP contribution is -2.24. The third-order valence-electron chi connectivity index (χ3n) is 3.20. The van der Waals surface area contributed by atoms with Crippen molar-refractivity contribution in [2.75, 3.05) is 11.9 Å². The molecular weight excluding hydrogens is 278 g/mol. The third-order valence-corrected chi connectivity index (χ3v) is 3.20. The van der Waals surface area contributed by atoms with Gasteiger partial charge in [-0.25, -0.2) is 4.79 Å². The first-order chi connectivity index (χ1) is 10.5. The maximum Gasteiger partial charge on any atom is 0.411 e. The Bertz CT molecular complexity index is 466. The zero-order chi connectivity index (χ0) is 16.4. The molecule has 4 nitrogen and oxygen atoms in total. The Hall–Kier alpha value is -1.97. The molecule has 0 saturated carbocycles. The van der Waals surface area contributed by atoms with E-state index in [0.29, 0.717) is 12.3 Å². The molecule has 1 N–H and O–H groups in total. The van der Waals surface area contributed by atoms with E-state index in [1.165, 1.54) is 12.8 Å². The lowest BCUT2D eigenvalue weighted by molar-refractivity contribution is 0.158. The van der Waals surface area contributed by atoms with Gasteiger partial charge in [0.1, 0.15) is 11.4 Å². The van der Waals surface area contributed by atoms with Gasteiger partial charge in [0, 0.05) is 5.69 Å². The van der Waals surface area contributed by atoms with E-state index in [1.807, 2.05) is 26.0 Å². The van der Waals surface area contributed by atoms with Crippen LogP contribution in [-0.2, 0) is 4.74 Å². The summed E-state index contributed by atoms with van der Waals surface area (Å²) in [5.41, 5.74) is 0.258. The number of hydrogen-bond acceptors (Lipinski definition) is 3. The van der Waals surface area contributed by atoms with E-state index in [4.69, 9.17) is 9.47 Å². The molecule has 0 spiro atoms. The van der Waals surface area contributed by atoms with Crippen molar-refractivity contribution in [3.63, 3.8) is 0 Å². The Labute approximate surface area is 133 Å². The van der Waals surface area contributed by atoms with Gasteiger partial charge in [-0.05, 0) is 50.6 Å². The van der Waals surface area contributed by atoms with E-state index >= 15 is 0 Å². The Balaban J connectivity index is 2.37. The highest BCUT2D eigenvalue weighted by Gasteiger charge is 2.14. The molecule has 0 aliphatic rings. The van der Waals surface area contributed by atoms with E-state index in [-0.39, 0.29) is 0 Å². The first-order valence-electron chi connectivity index (χ1n) is 7.83. The van der Waals surface area contributed by atoms with Crippen LogP contribution in [0.3, 0.4) is 0 Å². The minimum absolute atomic E-state index is 0.420. The summed E-state index contributed by atoms with van der Waals surface area (Å²) in [7, 11) is 0. The zero-order valence-corrected chi connectivity index (χ0v) is 13.9. The summed E-state index contributed by atoms with van der Waals surface area (Å²) in [6, 6.07) is 7.18. The molecule has 4 heteroatoms. The van der Waals surface area contributed by atoms with Crippen LogP contribution in [0.1, 0.15) is 46.5 Å². The van der Waals surface area contributed by atoms with Crippen molar-refractivity contribution in [3.8, 4) is 5.75 Å². The quantitative estimate of drug-likeness (QED) is 0.506. The van der Waals surface area contributed by atoms with Crippen molar-refractivity contribution in [1.29, 1.82) is 0 Å². The Morgan fingerprint density at radius 1 is 1.23 bits per heavy atom. The largest absolute Gasteiger partial charge is 0.484 e. The van der Waals surface area contributed by atoms with Gasteiger partial charge in [0.15, 0.2) is 0 Å². The van der Waals surface area contributed by atoms with Crippen LogP contribution < -0.4 is 10.1 Å². The zero-order valence-electron chi connectivity index (χ0n) is 13.9. The Morgan fingerprint density at radius 2 is 1.91 bits per heavy atom. The second-order valence-electron chi connectivity index (χ2n) is 5.76. The van der Waals surface area contributed by atoms with Gasteiger partial charge >= 0.3 is 6.09 Å². The molecule has 22 heavy (non-hydrogen) atoms. The average Bonchev–Trinajstić information content (AvgIpc) is 2.49. The SMILES string of the molecule is C=CC(C)(C)Oc1ccc(NC(=O)OCCCCCC)cc1. The molecular formula is C18H27NO3. The topological polar surface area (TPSA) is 47.6 Å². The molecule has 0 saturated heterocycles. The van der Waals surface area contributed by atoms with Crippen molar-refractivity contribution in [2.45, 2.75) is 52.1 Å². The van der Waals surface area contributed by atoms with Crippen LogP contribution in [0.25, 0.3) is 0 Å². The van der Waals surface area contributed by atoms with Crippen LogP contribution in [0.2, 0.25) is 0 Å². The summed E-state index contributed by atoms with van der Waals surface area (Å²) in [6.45, 7) is 10.2. The van der Waals surface area contributed by atoms with Gasteiger partial charge in [-0.1, -0.05) is 32.8 Å². The van der Waals surface area contributed by atoms with Gasteiger partial charge in [-0.3, -0.25) is 5.32 Å². The molecule has 0 aliphatic carbocycles. The molecule has 0 bridgehead atoms. The molecule has 1 amide bonds. The highest BCUT2D eigenvalue weighted by atomic mass is 16.5. The number of nitrogens with one attached hydrogen (secondary N) is 1. The van der Waals surface area contributed by atoms with Crippen molar-refractivity contribution in [3.05, 3.63) is 36.9 Å². The number of rotatable bonds is 9. The number of hydrogen-bond donors (Lipinski definition) is 1. The molecule has 122 valence electrons. The molecule has 1 aromatic carbocycles. The molecule has 0 aromatic heterocycles. The van der Waals surface area contributed by atoms with Gasteiger partial charge < -0.3 is 9.47 Å². The maximum absolute atomic E-state index is 11.6. The average molecular weight is 305 g/mol. The van der Waals surface area contributed by atoms with Gasteiger partial charge in [0.05, 0.1) is 6.61 Å². The van der Waals surface area contributed by atoms with Crippen molar-refractivity contribution in [2.24, 2.45) is 0 Å². The molecule has 0 unspecified atom stereocenters. The second-order valence-corrected chi connectivity index (χ2v) is 5.76. The first kappa shape index (κ1) is 18.1. The number of unbranched alkanes of at least 4 members (excludes halogenated alkanes) is 3. The monoisotopic (exact) mass is 305 g/mol. The summed E-state index contributed by atoms with van der Waals surface area (Å²) >= 11 is 0. The van der Waals surface area contributed by atoms with E-state index in [1.54, 1.807) is 18.2 Å². The van der Waals surface area contributed by atoms with Crippen LogP contribution in [0.4, 0.5) is 10.5 Å². The fourth-order valence-corrected chi connectivity index (χ4v) is 1.80. The number of carbonyl (C=O) groups is 1. The van der Waals surface area contributed by atoms with Gasteiger partial charge in [-0.15, -0.1) is 0 Å². The normalized spacial score (nSPS) is 10.9. The maximum atomic E-state index is 11.6. The number of amides is 1. The standard InChI is InChI=1S/C18H27NO3/c1-5-7-8-9-14-21-17(20)19-15-10-12-16(13-11-15)22-18(3,4)6-2/h6,10-13H,2,5,7-9,14H2,1,3-4H3,(H,19,20). The minimum atomic E-state index is -0.424. The molecule has 0 aliphatic heterocycles. The summed E-state index contributed by atoms with van der Waals surface area (Å²) in [6.07, 6.45) is 5.67. The number of benzene rings is 1. The summed E-state index contributed by atoms with van der Waals surface area (Å²) in [5.74, 6) is 0.725.